The summed E-state index contributed by atoms with van der Waals surface area (Å²) in [6.45, 7) is 1.05. The van der Waals surface area contributed by atoms with Crippen LogP contribution >= 0.6 is 11.6 Å². The monoisotopic (exact) mass is 380 g/mol. The maximum atomic E-state index is 12.6. The summed E-state index contributed by atoms with van der Waals surface area (Å²) in [5.41, 5.74) is 0.363. The van der Waals surface area contributed by atoms with Crippen molar-refractivity contribution in [3.8, 4) is 5.75 Å². The van der Waals surface area contributed by atoms with E-state index in [0.717, 1.165) is 0 Å². The molecule has 1 aliphatic heterocycles. The lowest BCUT2D eigenvalue weighted by Crippen LogP contribution is -2.50. The molecule has 132 valence electrons. The molecule has 0 atom stereocenters. The van der Waals surface area contributed by atoms with Gasteiger partial charge in [0.1, 0.15) is 5.75 Å². The number of carbonyl (C=O) groups is 1. The quantitative estimate of drug-likeness (QED) is 0.885. The summed E-state index contributed by atoms with van der Waals surface area (Å²) in [6, 6.07) is 12.5. The number of rotatable bonds is 3. The molecule has 0 bridgehead atoms. The molecule has 1 fully saturated rings. The fourth-order valence-corrected chi connectivity index (χ4v) is 4.32. The molecule has 0 saturated carbocycles. The number of hydrogen-bond acceptors (Lipinski definition) is 4. The number of halogens is 1. The highest BCUT2D eigenvalue weighted by Gasteiger charge is 2.30. The normalized spacial score (nSPS) is 16.0. The molecule has 0 aromatic heterocycles. The minimum atomic E-state index is -3.55. The van der Waals surface area contributed by atoms with Crippen LogP contribution in [0, 0.1) is 0 Å². The fraction of sp³-hybridized carbons (Fsp3) is 0.235. The number of phenolic OH excluding ortho intramolecular Hbond substituents is 1. The standard InChI is InChI=1S/C17H17ClN2O4S/c18-15-12-13(6-7-16(15)21)17(22)19-8-10-20(11-9-19)25(23,24)14-4-2-1-3-5-14/h1-7,12,21H,8-11H2. The van der Waals surface area contributed by atoms with Gasteiger partial charge in [-0.25, -0.2) is 8.42 Å². The average Bonchev–Trinajstić information content (AvgIpc) is 2.64. The summed E-state index contributed by atoms with van der Waals surface area (Å²) in [5.74, 6) is -0.323. The van der Waals surface area contributed by atoms with Crippen molar-refractivity contribution < 1.29 is 18.3 Å². The van der Waals surface area contributed by atoms with E-state index < -0.39 is 10.0 Å². The molecule has 1 aliphatic rings. The molecule has 1 N–H and O–H groups in total. The minimum Gasteiger partial charge on any atom is -0.506 e. The van der Waals surface area contributed by atoms with Crippen molar-refractivity contribution in [1.82, 2.24) is 9.21 Å². The third-order valence-corrected chi connectivity index (χ3v) is 6.32. The molecule has 1 saturated heterocycles. The van der Waals surface area contributed by atoms with E-state index in [1.54, 1.807) is 35.2 Å². The van der Waals surface area contributed by atoms with Crippen molar-refractivity contribution in [2.45, 2.75) is 4.90 Å². The number of benzene rings is 2. The second kappa shape index (κ2) is 7.03. The van der Waals surface area contributed by atoms with Crippen LogP contribution in [0.3, 0.4) is 0 Å². The smallest absolute Gasteiger partial charge is 0.253 e. The van der Waals surface area contributed by atoms with Gasteiger partial charge in [0, 0.05) is 31.7 Å². The van der Waals surface area contributed by atoms with Gasteiger partial charge in [0.2, 0.25) is 10.0 Å². The minimum absolute atomic E-state index is 0.0861. The molecule has 0 aliphatic carbocycles. The Morgan fingerprint density at radius 2 is 1.64 bits per heavy atom. The first kappa shape index (κ1) is 17.7. The largest absolute Gasteiger partial charge is 0.506 e. The molecule has 3 rings (SSSR count). The van der Waals surface area contributed by atoms with E-state index in [0.29, 0.717) is 18.7 Å². The first-order valence-corrected chi connectivity index (χ1v) is 9.54. The molecule has 25 heavy (non-hydrogen) atoms. The Kier molecular flexibility index (Phi) is 4.99. The number of hydrogen-bond donors (Lipinski definition) is 1. The third-order valence-electron chi connectivity index (χ3n) is 4.10. The van der Waals surface area contributed by atoms with Crippen LogP contribution in [0.25, 0.3) is 0 Å². The first-order valence-electron chi connectivity index (χ1n) is 7.72. The number of sulfonamides is 1. The lowest BCUT2D eigenvalue weighted by Gasteiger charge is -2.34. The topological polar surface area (TPSA) is 77.9 Å². The summed E-state index contributed by atoms with van der Waals surface area (Å²) in [4.78, 5) is 14.3. The Morgan fingerprint density at radius 3 is 2.24 bits per heavy atom. The van der Waals surface area contributed by atoms with E-state index in [-0.39, 0.29) is 34.7 Å². The van der Waals surface area contributed by atoms with Gasteiger partial charge in [-0.15, -0.1) is 0 Å². The van der Waals surface area contributed by atoms with Crippen LogP contribution in [0.2, 0.25) is 5.02 Å². The molecule has 0 unspecified atom stereocenters. The van der Waals surface area contributed by atoms with Crippen LogP contribution < -0.4 is 0 Å². The Morgan fingerprint density at radius 1 is 1.00 bits per heavy atom. The Bertz CT molecular complexity index is 879. The van der Waals surface area contributed by atoms with Gasteiger partial charge in [-0.05, 0) is 30.3 Å². The zero-order chi connectivity index (χ0) is 18.0. The van der Waals surface area contributed by atoms with Gasteiger partial charge in [0.05, 0.1) is 9.92 Å². The van der Waals surface area contributed by atoms with Gasteiger partial charge < -0.3 is 10.0 Å². The van der Waals surface area contributed by atoms with Crippen LogP contribution in [0.4, 0.5) is 0 Å². The number of nitrogens with zero attached hydrogens (tertiary/aromatic N) is 2. The Labute approximate surface area is 151 Å². The zero-order valence-corrected chi connectivity index (χ0v) is 14.9. The van der Waals surface area contributed by atoms with Crippen LogP contribution in [0.15, 0.2) is 53.4 Å². The van der Waals surface area contributed by atoms with E-state index in [1.165, 1.54) is 22.5 Å². The lowest BCUT2D eigenvalue weighted by atomic mass is 10.2. The summed E-state index contributed by atoms with van der Waals surface area (Å²) < 4.78 is 26.6. The fourth-order valence-electron chi connectivity index (χ4n) is 2.70. The van der Waals surface area contributed by atoms with Gasteiger partial charge in [0.25, 0.3) is 5.91 Å². The van der Waals surface area contributed by atoms with Crippen LogP contribution in [0.1, 0.15) is 10.4 Å². The average molecular weight is 381 g/mol. The van der Waals surface area contributed by atoms with Crippen molar-refractivity contribution in [2.75, 3.05) is 26.2 Å². The van der Waals surface area contributed by atoms with Gasteiger partial charge in [0.15, 0.2) is 0 Å². The molecular weight excluding hydrogens is 364 g/mol. The lowest BCUT2D eigenvalue weighted by molar-refractivity contribution is 0.0698. The molecular formula is C17H17ClN2O4S. The van der Waals surface area contributed by atoms with Crippen LogP contribution in [-0.2, 0) is 10.0 Å². The first-order chi connectivity index (χ1) is 11.9. The van der Waals surface area contributed by atoms with Crippen LogP contribution in [-0.4, -0.2) is 54.8 Å². The third kappa shape index (κ3) is 3.63. The number of carbonyl (C=O) groups excluding carboxylic acids is 1. The number of amides is 1. The van der Waals surface area contributed by atoms with Crippen molar-refractivity contribution >= 4 is 27.5 Å². The molecule has 0 spiro atoms. The van der Waals surface area contributed by atoms with E-state index in [9.17, 15) is 18.3 Å². The van der Waals surface area contributed by atoms with E-state index >= 15 is 0 Å². The van der Waals surface area contributed by atoms with Crippen molar-refractivity contribution in [3.63, 3.8) is 0 Å². The van der Waals surface area contributed by atoms with Crippen molar-refractivity contribution in [2.24, 2.45) is 0 Å². The summed E-state index contributed by atoms with van der Waals surface area (Å²) in [7, 11) is -3.55. The number of aromatic hydroxyl groups is 1. The maximum Gasteiger partial charge on any atom is 0.253 e. The summed E-state index contributed by atoms with van der Waals surface area (Å²) >= 11 is 5.84. The highest BCUT2D eigenvalue weighted by atomic mass is 35.5. The maximum absolute atomic E-state index is 12.6. The highest BCUT2D eigenvalue weighted by molar-refractivity contribution is 7.89. The SMILES string of the molecule is O=C(c1ccc(O)c(Cl)c1)N1CCN(S(=O)(=O)c2ccccc2)CC1. The van der Waals surface area contributed by atoms with E-state index in [2.05, 4.69) is 0 Å². The number of phenols is 1. The van der Waals surface area contributed by atoms with Gasteiger partial charge in [-0.1, -0.05) is 29.8 Å². The second-order valence-electron chi connectivity index (χ2n) is 5.68. The highest BCUT2D eigenvalue weighted by Crippen LogP contribution is 2.25. The van der Waals surface area contributed by atoms with Gasteiger partial charge >= 0.3 is 0 Å². The zero-order valence-electron chi connectivity index (χ0n) is 13.3. The second-order valence-corrected chi connectivity index (χ2v) is 8.02. The summed E-state index contributed by atoms with van der Waals surface area (Å²) in [5, 5.41) is 9.55. The molecule has 8 heteroatoms. The van der Waals surface area contributed by atoms with Crippen molar-refractivity contribution in [1.29, 1.82) is 0 Å². The summed E-state index contributed by atoms with van der Waals surface area (Å²) in [6.07, 6.45) is 0. The predicted molar refractivity (Wildman–Crippen MR) is 94.2 cm³/mol. The Balaban J connectivity index is 1.69. The molecule has 0 radical (unpaired) electrons. The molecule has 1 heterocycles. The van der Waals surface area contributed by atoms with E-state index in [4.69, 9.17) is 11.6 Å². The number of piperazine rings is 1. The van der Waals surface area contributed by atoms with E-state index in [1.807, 2.05) is 0 Å². The van der Waals surface area contributed by atoms with Gasteiger partial charge in [-0.3, -0.25) is 4.79 Å². The molecule has 2 aromatic carbocycles. The molecule has 1 amide bonds. The molecule has 2 aromatic rings. The van der Waals surface area contributed by atoms with Crippen LogP contribution in [0.5, 0.6) is 5.75 Å². The Hall–Kier alpha value is -2.09. The predicted octanol–water partition coefficient (Wildman–Crippen LogP) is 2.19. The van der Waals surface area contributed by atoms with Gasteiger partial charge in [-0.2, -0.15) is 4.31 Å². The van der Waals surface area contributed by atoms with Crippen molar-refractivity contribution in [3.05, 3.63) is 59.1 Å². The molecule has 6 nitrogen and oxygen atoms in total.